The second kappa shape index (κ2) is 6.02. The van der Waals surface area contributed by atoms with E-state index in [1.165, 1.54) is 7.11 Å². The van der Waals surface area contributed by atoms with Gasteiger partial charge in [-0.05, 0) is 31.4 Å². The second-order valence-corrected chi connectivity index (χ2v) is 4.55. The number of esters is 1. The van der Waals surface area contributed by atoms with Crippen molar-refractivity contribution < 1.29 is 18.7 Å². The van der Waals surface area contributed by atoms with Crippen LogP contribution in [0.5, 0.6) is 0 Å². The van der Waals surface area contributed by atoms with E-state index in [2.05, 4.69) is 17.0 Å². The van der Waals surface area contributed by atoms with E-state index >= 15 is 0 Å². The van der Waals surface area contributed by atoms with E-state index in [0.29, 0.717) is 18.5 Å². The summed E-state index contributed by atoms with van der Waals surface area (Å²) in [7, 11) is 1.34. The van der Waals surface area contributed by atoms with Gasteiger partial charge in [0.1, 0.15) is 5.76 Å². The molecule has 1 N–H and O–H groups in total. The molecule has 5 heteroatoms. The van der Waals surface area contributed by atoms with Crippen molar-refractivity contribution in [2.45, 2.75) is 25.9 Å². The maximum absolute atomic E-state index is 11.2. The van der Waals surface area contributed by atoms with Gasteiger partial charge in [0.2, 0.25) is 5.76 Å². The summed E-state index contributed by atoms with van der Waals surface area (Å²) in [6, 6.07) is 3.79. The van der Waals surface area contributed by atoms with Gasteiger partial charge in [-0.2, -0.15) is 0 Å². The molecule has 0 amide bonds. The van der Waals surface area contributed by atoms with Crippen molar-refractivity contribution in [1.82, 2.24) is 5.32 Å². The molecule has 0 aliphatic carbocycles. The summed E-state index contributed by atoms with van der Waals surface area (Å²) in [5.74, 6) is 1.09. The Hall–Kier alpha value is -1.33. The van der Waals surface area contributed by atoms with Crippen LogP contribution in [0.3, 0.4) is 0 Å². The lowest BCUT2D eigenvalue weighted by Gasteiger charge is -2.18. The Kier molecular flexibility index (Phi) is 4.38. The van der Waals surface area contributed by atoms with Crippen LogP contribution in [-0.4, -0.2) is 32.3 Å². The van der Waals surface area contributed by atoms with Crippen LogP contribution in [0.25, 0.3) is 0 Å². The van der Waals surface area contributed by atoms with Gasteiger partial charge < -0.3 is 19.2 Å². The number of carbonyl (C=O) groups excluding carboxylic acids is 1. The predicted molar refractivity (Wildman–Crippen MR) is 65.3 cm³/mol. The fourth-order valence-corrected chi connectivity index (χ4v) is 2.06. The number of hydrogen-bond acceptors (Lipinski definition) is 5. The summed E-state index contributed by atoms with van der Waals surface area (Å²) in [5, 5.41) is 3.39. The first kappa shape index (κ1) is 13.1. The Balaban J connectivity index is 1.82. The third-order valence-corrected chi connectivity index (χ3v) is 3.32. The number of rotatable bonds is 5. The van der Waals surface area contributed by atoms with Gasteiger partial charge in [0.05, 0.1) is 20.3 Å². The highest BCUT2D eigenvalue weighted by Gasteiger charge is 2.22. The van der Waals surface area contributed by atoms with E-state index in [-0.39, 0.29) is 5.76 Å². The molecule has 0 saturated carbocycles. The third-order valence-electron chi connectivity index (χ3n) is 3.32. The van der Waals surface area contributed by atoms with Gasteiger partial charge in [0, 0.05) is 12.6 Å². The van der Waals surface area contributed by atoms with E-state index in [9.17, 15) is 4.79 Å². The Morgan fingerprint density at radius 2 is 2.44 bits per heavy atom. The molecule has 2 unspecified atom stereocenters. The largest absolute Gasteiger partial charge is 0.463 e. The zero-order valence-electron chi connectivity index (χ0n) is 10.8. The van der Waals surface area contributed by atoms with Crippen LogP contribution in [0.2, 0.25) is 0 Å². The van der Waals surface area contributed by atoms with Crippen molar-refractivity contribution in [3.05, 3.63) is 23.7 Å². The molecule has 2 heterocycles. The van der Waals surface area contributed by atoms with Crippen molar-refractivity contribution in [1.29, 1.82) is 0 Å². The van der Waals surface area contributed by atoms with Gasteiger partial charge in [0.25, 0.3) is 0 Å². The van der Waals surface area contributed by atoms with E-state index in [1.54, 1.807) is 12.1 Å². The minimum Gasteiger partial charge on any atom is -0.463 e. The van der Waals surface area contributed by atoms with E-state index in [4.69, 9.17) is 9.15 Å². The monoisotopic (exact) mass is 253 g/mol. The highest BCUT2D eigenvalue weighted by molar-refractivity contribution is 5.86. The maximum Gasteiger partial charge on any atom is 0.373 e. The van der Waals surface area contributed by atoms with Crippen LogP contribution in [0, 0.1) is 5.92 Å². The Morgan fingerprint density at radius 3 is 3.11 bits per heavy atom. The van der Waals surface area contributed by atoms with Gasteiger partial charge in [-0.1, -0.05) is 0 Å². The zero-order chi connectivity index (χ0) is 13.0. The average Bonchev–Trinajstić information content (AvgIpc) is 3.05. The molecular weight excluding hydrogens is 234 g/mol. The summed E-state index contributed by atoms with van der Waals surface area (Å²) in [6.45, 7) is 4.42. The summed E-state index contributed by atoms with van der Waals surface area (Å²) < 4.78 is 15.3. The molecule has 2 rings (SSSR count). The van der Waals surface area contributed by atoms with Crippen LogP contribution in [0.4, 0.5) is 0 Å². The lowest BCUT2D eigenvalue weighted by atomic mass is 10.0. The second-order valence-electron chi connectivity index (χ2n) is 4.55. The van der Waals surface area contributed by atoms with Crippen molar-refractivity contribution in [3.63, 3.8) is 0 Å². The third kappa shape index (κ3) is 3.11. The van der Waals surface area contributed by atoms with Gasteiger partial charge in [0.15, 0.2) is 0 Å². The molecule has 2 atom stereocenters. The number of nitrogens with one attached hydrogen (secondary N) is 1. The first-order chi connectivity index (χ1) is 8.70. The molecule has 1 aromatic heterocycles. The first-order valence-electron chi connectivity index (χ1n) is 6.19. The molecule has 0 radical (unpaired) electrons. The normalized spacial score (nSPS) is 20.9. The molecule has 100 valence electrons. The fourth-order valence-electron chi connectivity index (χ4n) is 2.06. The molecule has 1 saturated heterocycles. The van der Waals surface area contributed by atoms with E-state index in [0.717, 1.165) is 25.4 Å². The summed E-state index contributed by atoms with van der Waals surface area (Å²) >= 11 is 0. The average molecular weight is 253 g/mol. The highest BCUT2D eigenvalue weighted by Crippen LogP contribution is 2.17. The standard InChI is InChI=1S/C13H19NO4/c1-9(10-5-6-17-8-10)14-7-11-3-4-12(18-11)13(15)16-2/h3-4,9-10,14H,5-8H2,1-2H3. The Morgan fingerprint density at radius 1 is 1.61 bits per heavy atom. The van der Waals surface area contributed by atoms with Crippen LogP contribution in [0.1, 0.15) is 29.7 Å². The van der Waals surface area contributed by atoms with Gasteiger partial charge in [-0.25, -0.2) is 4.79 Å². The summed E-state index contributed by atoms with van der Waals surface area (Å²) in [4.78, 5) is 11.2. The molecule has 1 aliphatic heterocycles. The van der Waals surface area contributed by atoms with Crippen LogP contribution in [0.15, 0.2) is 16.5 Å². The molecule has 0 aromatic carbocycles. The zero-order valence-corrected chi connectivity index (χ0v) is 10.8. The predicted octanol–water partition coefficient (Wildman–Crippen LogP) is 1.58. The van der Waals surface area contributed by atoms with Crippen molar-refractivity contribution >= 4 is 5.97 Å². The topological polar surface area (TPSA) is 60.7 Å². The molecule has 0 bridgehead atoms. The number of furan rings is 1. The van der Waals surface area contributed by atoms with Crippen molar-refractivity contribution in [3.8, 4) is 0 Å². The van der Waals surface area contributed by atoms with Crippen LogP contribution >= 0.6 is 0 Å². The SMILES string of the molecule is COC(=O)c1ccc(CNC(C)C2CCOC2)o1. The summed E-state index contributed by atoms with van der Waals surface area (Å²) in [6.07, 6.45) is 1.10. The van der Waals surface area contributed by atoms with Crippen molar-refractivity contribution in [2.75, 3.05) is 20.3 Å². The first-order valence-corrected chi connectivity index (χ1v) is 6.19. The highest BCUT2D eigenvalue weighted by atomic mass is 16.5. The van der Waals surface area contributed by atoms with Crippen LogP contribution < -0.4 is 5.32 Å². The smallest absolute Gasteiger partial charge is 0.373 e. The molecule has 0 spiro atoms. The molecule has 18 heavy (non-hydrogen) atoms. The van der Waals surface area contributed by atoms with E-state index < -0.39 is 5.97 Å². The fraction of sp³-hybridized carbons (Fsp3) is 0.615. The van der Waals surface area contributed by atoms with E-state index in [1.807, 2.05) is 0 Å². The minimum absolute atomic E-state index is 0.242. The number of hydrogen-bond donors (Lipinski definition) is 1. The molecule has 1 aromatic rings. The minimum atomic E-state index is -0.446. The quantitative estimate of drug-likeness (QED) is 0.807. The number of ether oxygens (including phenoxy) is 2. The van der Waals surface area contributed by atoms with Gasteiger partial charge in [-0.15, -0.1) is 0 Å². The van der Waals surface area contributed by atoms with Gasteiger partial charge in [-0.3, -0.25) is 0 Å². The summed E-state index contributed by atoms with van der Waals surface area (Å²) in [5.41, 5.74) is 0. The van der Waals surface area contributed by atoms with Crippen LogP contribution in [-0.2, 0) is 16.0 Å². The number of methoxy groups -OCH3 is 1. The van der Waals surface area contributed by atoms with Crippen molar-refractivity contribution in [2.24, 2.45) is 5.92 Å². The Labute approximate surface area is 106 Å². The maximum atomic E-state index is 11.2. The Bertz CT molecular complexity index is 395. The lowest BCUT2D eigenvalue weighted by Crippen LogP contribution is -2.33. The molecule has 1 aliphatic rings. The molecular formula is C13H19NO4. The number of carbonyl (C=O) groups is 1. The molecule has 5 nitrogen and oxygen atoms in total. The van der Waals surface area contributed by atoms with Gasteiger partial charge >= 0.3 is 5.97 Å². The lowest BCUT2D eigenvalue weighted by molar-refractivity contribution is 0.0562. The molecule has 1 fully saturated rings.